The van der Waals surface area contributed by atoms with Crippen LogP contribution in [0.25, 0.3) is 32.8 Å². The van der Waals surface area contributed by atoms with E-state index in [0.717, 1.165) is 16.4 Å². The number of alkyl halides is 1. The molecule has 1 aromatic heterocycles. The highest BCUT2D eigenvalue weighted by Gasteiger charge is 2.19. The quantitative estimate of drug-likeness (QED) is 0.329. The number of halogens is 1. The molecule has 0 aliphatic rings. The maximum absolute atomic E-state index is 12.2. The van der Waals surface area contributed by atoms with Gasteiger partial charge in [0.15, 0.2) is 0 Å². The maximum atomic E-state index is 12.2. The molecular weight excluding hydrogens is 350 g/mol. The summed E-state index contributed by atoms with van der Waals surface area (Å²) in [5.74, 6) is 0.187. The van der Waals surface area contributed by atoms with Crippen LogP contribution in [0.5, 0.6) is 5.75 Å². The molecule has 0 spiro atoms. The summed E-state index contributed by atoms with van der Waals surface area (Å²) in [5, 5.41) is 15.0. The van der Waals surface area contributed by atoms with Crippen LogP contribution in [0, 0.1) is 0 Å². The summed E-state index contributed by atoms with van der Waals surface area (Å²) in [5.41, 5.74) is 3.19. The highest BCUT2D eigenvalue weighted by Crippen LogP contribution is 2.36. The number of fused-ring (bicyclic) bond motifs is 4. The Labute approximate surface area is 154 Å². The number of aromatic nitrogens is 2. The minimum absolute atomic E-state index is 0.0110. The van der Waals surface area contributed by atoms with Gasteiger partial charge in [-0.15, -0.1) is 11.6 Å². The van der Waals surface area contributed by atoms with Gasteiger partial charge in [0.05, 0.1) is 28.5 Å². The summed E-state index contributed by atoms with van der Waals surface area (Å²) in [7, 11) is 0. The van der Waals surface area contributed by atoms with Crippen LogP contribution >= 0.6 is 11.6 Å². The lowest BCUT2D eigenvalue weighted by Crippen LogP contribution is -2.27. The molecule has 2 N–H and O–H groups in total. The number of aromatic hydroxyl groups is 1. The van der Waals surface area contributed by atoms with Crippen molar-refractivity contribution in [1.82, 2.24) is 15.3 Å². The number of hydrogen-bond acceptors (Lipinski definition) is 4. The Bertz CT molecular complexity index is 1140. The fourth-order valence-electron chi connectivity index (χ4n) is 3.15. The minimum atomic E-state index is -0.215. The van der Waals surface area contributed by atoms with E-state index in [-0.39, 0.29) is 18.1 Å². The molecule has 4 aromatic rings. The lowest BCUT2D eigenvalue weighted by Gasteiger charge is -2.13. The van der Waals surface area contributed by atoms with E-state index in [9.17, 15) is 9.90 Å². The number of amides is 1. The van der Waals surface area contributed by atoms with Crippen LogP contribution in [0.3, 0.4) is 0 Å². The predicted octanol–water partition coefficient (Wildman–Crippen LogP) is 3.54. The molecular formula is C20H16ClN3O2. The van der Waals surface area contributed by atoms with Crippen molar-refractivity contribution in [1.29, 1.82) is 0 Å². The van der Waals surface area contributed by atoms with Gasteiger partial charge in [-0.1, -0.05) is 36.4 Å². The van der Waals surface area contributed by atoms with Crippen molar-refractivity contribution in [2.24, 2.45) is 0 Å². The van der Waals surface area contributed by atoms with Crippen LogP contribution < -0.4 is 5.32 Å². The molecule has 4 rings (SSSR count). The van der Waals surface area contributed by atoms with E-state index in [1.54, 1.807) is 0 Å². The third-order valence-corrected chi connectivity index (χ3v) is 4.52. The number of nitrogens with one attached hydrogen (secondary N) is 1. The molecule has 0 aliphatic carbocycles. The average molecular weight is 366 g/mol. The van der Waals surface area contributed by atoms with E-state index in [2.05, 4.69) is 5.32 Å². The molecule has 0 atom stereocenters. The molecule has 1 amide bonds. The van der Waals surface area contributed by atoms with Crippen molar-refractivity contribution < 1.29 is 9.90 Å². The fraction of sp³-hybridized carbons (Fsp3) is 0.150. The van der Waals surface area contributed by atoms with Gasteiger partial charge in [0.25, 0.3) is 0 Å². The summed E-state index contributed by atoms with van der Waals surface area (Å²) < 4.78 is 0. The second kappa shape index (κ2) is 6.77. The zero-order chi connectivity index (χ0) is 18.1. The van der Waals surface area contributed by atoms with Crippen molar-refractivity contribution in [3.63, 3.8) is 0 Å². The molecule has 0 saturated heterocycles. The largest absolute Gasteiger partial charge is 0.507 e. The molecule has 0 bridgehead atoms. The number of phenolic OH excluding ortho intramolecular Hbond substituents is 1. The Balaban J connectivity index is 2.02. The summed E-state index contributed by atoms with van der Waals surface area (Å²) in [6.45, 7) is 0.376. The Hall–Kier alpha value is -2.92. The second-order valence-electron chi connectivity index (χ2n) is 6.00. The number of phenols is 1. The standard InChI is InChI=1S/C20H16ClN3O2/c21-9-10-22-17(25)11-14-19-18(12-5-1-2-6-13(12)20(14)26)23-15-7-3-4-8-16(15)24-19/h1-8,26H,9-11H2,(H,22,25). The van der Waals surface area contributed by atoms with Gasteiger partial charge in [0.1, 0.15) is 5.75 Å². The van der Waals surface area contributed by atoms with Gasteiger partial charge in [-0.05, 0) is 12.1 Å². The topological polar surface area (TPSA) is 75.1 Å². The molecule has 1 heterocycles. The Morgan fingerprint density at radius 2 is 1.58 bits per heavy atom. The van der Waals surface area contributed by atoms with Crippen LogP contribution in [0.2, 0.25) is 0 Å². The van der Waals surface area contributed by atoms with Gasteiger partial charge in [-0.2, -0.15) is 0 Å². The smallest absolute Gasteiger partial charge is 0.224 e. The molecule has 6 heteroatoms. The number of carbonyl (C=O) groups is 1. The van der Waals surface area contributed by atoms with E-state index >= 15 is 0 Å². The van der Waals surface area contributed by atoms with Crippen LogP contribution in [-0.4, -0.2) is 33.4 Å². The van der Waals surface area contributed by atoms with Crippen molar-refractivity contribution in [3.05, 3.63) is 54.1 Å². The zero-order valence-corrected chi connectivity index (χ0v) is 14.6. The third-order valence-electron chi connectivity index (χ3n) is 4.33. The number of carbonyl (C=O) groups excluding carboxylic acids is 1. The summed E-state index contributed by atoms with van der Waals surface area (Å²) in [6.07, 6.45) is 0.0110. The predicted molar refractivity (Wildman–Crippen MR) is 104 cm³/mol. The summed E-state index contributed by atoms with van der Waals surface area (Å²) in [4.78, 5) is 21.7. The van der Waals surface area contributed by atoms with Crippen LogP contribution in [-0.2, 0) is 11.2 Å². The van der Waals surface area contributed by atoms with Gasteiger partial charge in [0.2, 0.25) is 5.91 Å². The first kappa shape index (κ1) is 16.5. The fourth-order valence-corrected chi connectivity index (χ4v) is 3.24. The molecule has 0 aliphatic heterocycles. The number of nitrogens with zero attached hydrogens (tertiary/aromatic N) is 2. The number of benzene rings is 3. The van der Waals surface area contributed by atoms with E-state index in [1.165, 1.54) is 0 Å². The Morgan fingerprint density at radius 1 is 0.962 bits per heavy atom. The van der Waals surface area contributed by atoms with E-state index in [1.807, 2.05) is 48.5 Å². The van der Waals surface area contributed by atoms with Gasteiger partial charge >= 0.3 is 0 Å². The maximum Gasteiger partial charge on any atom is 0.224 e. The molecule has 26 heavy (non-hydrogen) atoms. The molecule has 0 radical (unpaired) electrons. The second-order valence-corrected chi connectivity index (χ2v) is 6.38. The van der Waals surface area contributed by atoms with Gasteiger partial charge in [0, 0.05) is 28.8 Å². The number of rotatable bonds is 4. The van der Waals surface area contributed by atoms with Gasteiger partial charge < -0.3 is 10.4 Å². The molecule has 3 aromatic carbocycles. The van der Waals surface area contributed by atoms with E-state index in [4.69, 9.17) is 21.6 Å². The van der Waals surface area contributed by atoms with Crippen molar-refractivity contribution in [3.8, 4) is 5.75 Å². The van der Waals surface area contributed by atoms with E-state index in [0.29, 0.717) is 34.4 Å². The van der Waals surface area contributed by atoms with Crippen LogP contribution in [0.4, 0.5) is 0 Å². The van der Waals surface area contributed by atoms with Gasteiger partial charge in [-0.25, -0.2) is 9.97 Å². The molecule has 0 unspecified atom stereocenters. The first-order chi connectivity index (χ1) is 12.7. The highest BCUT2D eigenvalue weighted by atomic mass is 35.5. The van der Waals surface area contributed by atoms with Crippen molar-refractivity contribution >= 4 is 50.3 Å². The zero-order valence-electron chi connectivity index (χ0n) is 13.9. The first-order valence-corrected chi connectivity index (χ1v) is 8.84. The monoisotopic (exact) mass is 365 g/mol. The van der Waals surface area contributed by atoms with Crippen molar-refractivity contribution in [2.45, 2.75) is 6.42 Å². The lowest BCUT2D eigenvalue weighted by atomic mass is 9.99. The lowest BCUT2D eigenvalue weighted by molar-refractivity contribution is -0.120. The Morgan fingerprint density at radius 3 is 2.27 bits per heavy atom. The SMILES string of the molecule is O=C(Cc1c(O)c2ccccc2c2nc3ccccc3nc12)NCCCl. The highest BCUT2D eigenvalue weighted by molar-refractivity contribution is 6.18. The number of hydrogen-bond donors (Lipinski definition) is 2. The van der Waals surface area contributed by atoms with Crippen molar-refractivity contribution in [2.75, 3.05) is 12.4 Å². The average Bonchev–Trinajstić information content (AvgIpc) is 2.68. The molecule has 5 nitrogen and oxygen atoms in total. The minimum Gasteiger partial charge on any atom is -0.507 e. The Kier molecular flexibility index (Phi) is 4.31. The third kappa shape index (κ3) is 2.80. The van der Waals surface area contributed by atoms with Crippen LogP contribution in [0.15, 0.2) is 48.5 Å². The number of para-hydroxylation sites is 2. The molecule has 0 fully saturated rings. The molecule has 130 valence electrons. The molecule has 0 saturated carbocycles. The van der Waals surface area contributed by atoms with E-state index < -0.39 is 0 Å². The summed E-state index contributed by atoms with van der Waals surface area (Å²) >= 11 is 5.63. The normalized spacial score (nSPS) is 11.3. The van der Waals surface area contributed by atoms with Gasteiger partial charge in [-0.3, -0.25) is 4.79 Å². The summed E-state index contributed by atoms with van der Waals surface area (Å²) in [6, 6.07) is 15.0. The van der Waals surface area contributed by atoms with Crippen LogP contribution in [0.1, 0.15) is 5.56 Å². The first-order valence-electron chi connectivity index (χ1n) is 8.30.